The molecule has 6 nitrogen and oxygen atoms in total. The lowest BCUT2D eigenvalue weighted by molar-refractivity contribution is -0.133. The van der Waals surface area contributed by atoms with Gasteiger partial charge in [0.15, 0.2) is 0 Å². The number of carbonyl (C=O) groups is 2. The highest BCUT2D eigenvalue weighted by Gasteiger charge is 2.37. The molecular formula is C32H41Cl2N3O3. The maximum atomic E-state index is 13.2. The summed E-state index contributed by atoms with van der Waals surface area (Å²) >= 11 is 13.5. The van der Waals surface area contributed by atoms with Crippen LogP contribution in [0.5, 0.6) is 0 Å². The summed E-state index contributed by atoms with van der Waals surface area (Å²) in [6.45, 7) is 10.6. The normalized spacial score (nSPS) is 24.6. The van der Waals surface area contributed by atoms with E-state index in [1.807, 2.05) is 46.2 Å². The predicted molar refractivity (Wildman–Crippen MR) is 161 cm³/mol. The van der Waals surface area contributed by atoms with Crippen molar-refractivity contribution in [3.05, 3.63) is 57.6 Å². The molecule has 0 bridgehead atoms. The van der Waals surface area contributed by atoms with Crippen molar-refractivity contribution in [3.63, 3.8) is 0 Å². The fourth-order valence-electron chi connectivity index (χ4n) is 6.46. The van der Waals surface area contributed by atoms with Gasteiger partial charge in [-0.1, -0.05) is 35.3 Å². The summed E-state index contributed by atoms with van der Waals surface area (Å²) < 4.78 is 0. The zero-order valence-corrected chi connectivity index (χ0v) is 25.3. The molecule has 1 aliphatic carbocycles. The number of rotatable bonds is 5. The third kappa shape index (κ3) is 6.35. The average molecular weight is 587 g/mol. The summed E-state index contributed by atoms with van der Waals surface area (Å²) in [5.74, 6) is 0.118. The lowest BCUT2D eigenvalue weighted by Gasteiger charge is -2.42. The van der Waals surface area contributed by atoms with E-state index in [0.29, 0.717) is 22.0 Å². The first-order valence-electron chi connectivity index (χ1n) is 14.6. The van der Waals surface area contributed by atoms with E-state index in [9.17, 15) is 14.7 Å². The van der Waals surface area contributed by atoms with Crippen LogP contribution in [0, 0.1) is 5.92 Å². The number of piperazine rings is 1. The van der Waals surface area contributed by atoms with Crippen molar-refractivity contribution in [2.45, 2.75) is 77.0 Å². The second-order valence-electron chi connectivity index (χ2n) is 12.6. The molecular weight excluding hydrogens is 545 g/mol. The van der Waals surface area contributed by atoms with Crippen LogP contribution >= 0.6 is 23.2 Å². The largest absolute Gasteiger partial charge is 0.393 e. The van der Waals surface area contributed by atoms with Crippen LogP contribution in [-0.4, -0.2) is 82.0 Å². The molecule has 0 radical (unpaired) electrons. The Morgan fingerprint density at radius 1 is 0.875 bits per heavy atom. The molecule has 1 saturated carbocycles. The van der Waals surface area contributed by atoms with Crippen LogP contribution in [0.4, 0.5) is 0 Å². The van der Waals surface area contributed by atoms with Crippen LogP contribution < -0.4 is 0 Å². The third-order valence-corrected chi connectivity index (χ3v) is 9.70. The SMILES string of the molecule is CC(C)(C)N1CCN(C(=O)c2ccc(-c3cc(Cl)c(C[C@@H]4CCN(C5CCC(O)CC5)C4=O)c(Cl)c3)cc2)CC1. The molecule has 2 amide bonds. The van der Waals surface area contributed by atoms with Crippen LogP contribution in [-0.2, 0) is 11.2 Å². The van der Waals surface area contributed by atoms with E-state index in [4.69, 9.17) is 23.2 Å². The summed E-state index contributed by atoms with van der Waals surface area (Å²) in [7, 11) is 0. The van der Waals surface area contributed by atoms with E-state index in [1.54, 1.807) is 0 Å². The monoisotopic (exact) mass is 585 g/mol. The van der Waals surface area contributed by atoms with Crippen molar-refractivity contribution in [2.75, 3.05) is 32.7 Å². The Hall–Kier alpha value is -2.12. The van der Waals surface area contributed by atoms with E-state index in [2.05, 4.69) is 25.7 Å². The van der Waals surface area contributed by atoms with E-state index >= 15 is 0 Å². The summed E-state index contributed by atoms with van der Waals surface area (Å²) in [5.41, 5.74) is 3.43. The van der Waals surface area contributed by atoms with E-state index in [1.165, 1.54) is 0 Å². The second kappa shape index (κ2) is 12.0. The Morgan fingerprint density at radius 3 is 2.05 bits per heavy atom. The molecule has 3 aliphatic rings. The predicted octanol–water partition coefficient (Wildman–Crippen LogP) is 5.91. The number of likely N-dealkylation sites (tertiary alicyclic amines) is 1. The zero-order valence-electron chi connectivity index (χ0n) is 23.8. The Bertz CT molecular complexity index is 1200. The van der Waals surface area contributed by atoms with Gasteiger partial charge in [0.2, 0.25) is 5.91 Å². The summed E-state index contributed by atoms with van der Waals surface area (Å²) in [6, 6.07) is 11.7. The lowest BCUT2D eigenvalue weighted by Crippen LogP contribution is -2.54. The van der Waals surface area contributed by atoms with E-state index < -0.39 is 0 Å². The van der Waals surface area contributed by atoms with Crippen molar-refractivity contribution < 1.29 is 14.7 Å². The van der Waals surface area contributed by atoms with Gasteiger partial charge in [0.05, 0.1) is 6.10 Å². The molecule has 2 aromatic rings. The average Bonchev–Trinajstić information content (AvgIpc) is 3.30. The van der Waals surface area contributed by atoms with Gasteiger partial charge in [-0.3, -0.25) is 14.5 Å². The lowest BCUT2D eigenvalue weighted by atomic mass is 9.92. The summed E-state index contributed by atoms with van der Waals surface area (Å²) in [5, 5.41) is 10.9. The van der Waals surface area contributed by atoms with Crippen molar-refractivity contribution in [3.8, 4) is 11.1 Å². The third-order valence-electron chi connectivity index (χ3n) is 9.03. The van der Waals surface area contributed by atoms with Crippen molar-refractivity contribution in [1.29, 1.82) is 0 Å². The molecule has 2 aromatic carbocycles. The number of aliphatic hydroxyl groups excluding tert-OH is 1. The molecule has 1 N–H and O–H groups in total. The molecule has 216 valence electrons. The summed E-state index contributed by atoms with van der Waals surface area (Å²) in [4.78, 5) is 32.7. The number of hydrogen-bond donors (Lipinski definition) is 1. The van der Waals surface area contributed by atoms with Gasteiger partial charge < -0.3 is 14.9 Å². The Balaban J connectivity index is 1.22. The molecule has 0 aromatic heterocycles. The van der Waals surface area contributed by atoms with Gasteiger partial charge in [-0.2, -0.15) is 0 Å². The number of hydrogen-bond acceptors (Lipinski definition) is 4. The molecule has 40 heavy (non-hydrogen) atoms. The molecule has 5 rings (SSSR count). The Labute approximate surface area is 248 Å². The number of carbonyl (C=O) groups excluding carboxylic acids is 2. The molecule has 3 fully saturated rings. The van der Waals surface area contributed by atoms with Crippen LogP contribution in [0.15, 0.2) is 36.4 Å². The van der Waals surface area contributed by atoms with Gasteiger partial charge in [0, 0.05) is 65.8 Å². The maximum absolute atomic E-state index is 13.2. The minimum atomic E-state index is -0.230. The topological polar surface area (TPSA) is 64.1 Å². The number of halogens is 2. The molecule has 2 aliphatic heterocycles. The number of amides is 2. The van der Waals surface area contributed by atoms with Crippen molar-refractivity contribution in [2.24, 2.45) is 5.92 Å². The van der Waals surface area contributed by atoms with Crippen LogP contribution in [0.2, 0.25) is 10.0 Å². The van der Waals surface area contributed by atoms with E-state index in [-0.39, 0.29) is 35.4 Å². The van der Waals surface area contributed by atoms with Gasteiger partial charge in [-0.05, 0) is 100 Å². The number of benzene rings is 2. The van der Waals surface area contributed by atoms with Gasteiger partial charge in [0.25, 0.3) is 5.91 Å². The standard InChI is InChI=1S/C32H41Cl2N3O3/c1-32(2,3)36-16-14-35(15-17-36)30(39)22-6-4-21(5-7-22)24-19-28(33)27(29(34)20-24)18-23-12-13-37(31(23)40)25-8-10-26(38)11-9-25/h4-7,19-20,23,25-26,38H,8-18H2,1-3H3/t23-,25?,26?/m0/s1. The minimum Gasteiger partial charge on any atom is -0.393 e. The van der Waals surface area contributed by atoms with Crippen molar-refractivity contribution >= 4 is 35.0 Å². The fourth-order valence-corrected chi connectivity index (χ4v) is 7.11. The van der Waals surface area contributed by atoms with Gasteiger partial charge in [-0.15, -0.1) is 0 Å². The maximum Gasteiger partial charge on any atom is 0.253 e. The first-order valence-corrected chi connectivity index (χ1v) is 15.4. The van der Waals surface area contributed by atoms with Crippen LogP contribution in [0.1, 0.15) is 68.8 Å². The van der Waals surface area contributed by atoms with Crippen molar-refractivity contribution in [1.82, 2.24) is 14.7 Å². The molecule has 2 saturated heterocycles. The molecule has 0 spiro atoms. The Morgan fingerprint density at radius 2 is 1.48 bits per heavy atom. The van der Waals surface area contributed by atoms with Gasteiger partial charge >= 0.3 is 0 Å². The molecule has 0 unspecified atom stereocenters. The molecule has 2 heterocycles. The first-order chi connectivity index (χ1) is 19.0. The Kier molecular flexibility index (Phi) is 8.82. The minimum absolute atomic E-state index is 0.0613. The van der Waals surface area contributed by atoms with Gasteiger partial charge in [0.1, 0.15) is 0 Å². The highest BCUT2D eigenvalue weighted by atomic mass is 35.5. The van der Waals surface area contributed by atoms with E-state index in [0.717, 1.165) is 81.5 Å². The molecule has 1 atom stereocenters. The highest BCUT2D eigenvalue weighted by Crippen LogP contribution is 2.37. The zero-order chi connectivity index (χ0) is 28.6. The quantitative estimate of drug-likeness (QED) is 0.473. The van der Waals surface area contributed by atoms with Crippen LogP contribution in [0.3, 0.4) is 0 Å². The van der Waals surface area contributed by atoms with Crippen LogP contribution in [0.25, 0.3) is 11.1 Å². The fraction of sp³-hybridized carbons (Fsp3) is 0.562. The number of nitrogens with zero attached hydrogens (tertiary/aromatic N) is 3. The second-order valence-corrected chi connectivity index (χ2v) is 13.4. The highest BCUT2D eigenvalue weighted by molar-refractivity contribution is 6.36. The van der Waals surface area contributed by atoms with Gasteiger partial charge in [-0.25, -0.2) is 0 Å². The molecule has 8 heteroatoms. The first kappa shape index (κ1) is 29.4. The smallest absolute Gasteiger partial charge is 0.253 e. The summed E-state index contributed by atoms with van der Waals surface area (Å²) in [6.07, 6.45) is 4.37. The number of aliphatic hydroxyl groups is 1.